The van der Waals surface area contributed by atoms with Crippen molar-refractivity contribution in [3.8, 4) is 0 Å². The van der Waals surface area contributed by atoms with Crippen molar-refractivity contribution in [2.45, 2.75) is 65.3 Å². The predicted octanol–water partition coefficient (Wildman–Crippen LogP) is 3.26. The lowest BCUT2D eigenvalue weighted by Gasteiger charge is -2.37. The highest BCUT2D eigenvalue weighted by Crippen LogP contribution is 2.30. The summed E-state index contributed by atoms with van der Waals surface area (Å²) in [6.07, 6.45) is 7.83. The van der Waals surface area contributed by atoms with E-state index in [2.05, 4.69) is 25.7 Å². The fraction of sp³-hybridized carbons (Fsp3) is 1.00. The summed E-state index contributed by atoms with van der Waals surface area (Å²) in [6, 6.07) is 0.453. The normalized spacial score (nSPS) is 29.8. The monoisotopic (exact) mass is 240 g/mol. The summed E-state index contributed by atoms with van der Waals surface area (Å²) in [5.74, 6) is 1.68. The lowest BCUT2D eigenvalue weighted by atomic mass is 9.77. The van der Waals surface area contributed by atoms with E-state index in [0.717, 1.165) is 11.8 Å². The van der Waals surface area contributed by atoms with Crippen LogP contribution in [0.2, 0.25) is 0 Å². The van der Waals surface area contributed by atoms with Crippen molar-refractivity contribution in [3.63, 3.8) is 0 Å². The smallest absolute Gasteiger partial charge is 0.00795 e. The quantitative estimate of drug-likeness (QED) is 0.740. The average molecular weight is 240 g/mol. The molecule has 0 spiro atoms. The van der Waals surface area contributed by atoms with Crippen molar-refractivity contribution in [1.82, 2.24) is 4.90 Å². The van der Waals surface area contributed by atoms with Gasteiger partial charge in [-0.15, -0.1) is 0 Å². The molecule has 17 heavy (non-hydrogen) atoms. The molecule has 0 aromatic rings. The Kier molecular flexibility index (Phi) is 7.14. The molecule has 3 atom stereocenters. The summed E-state index contributed by atoms with van der Waals surface area (Å²) >= 11 is 0. The maximum absolute atomic E-state index is 6.31. The summed E-state index contributed by atoms with van der Waals surface area (Å²) < 4.78 is 0. The third-order valence-electron chi connectivity index (χ3n) is 4.30. The number of hydrogen-bond donors (Lipinski definition) is 1. The van der Waals surface area contributed by atoms with Crippen molar-refractivity contribution in [1.29, 1.82) is 0 Å². The minimum absolute atomic E-state index is 0.453. The van der Waals surface area contributed by atoms with Gasteiger partial charge in [-0.05, 0) is 57.0 Å². The van der Waals surface area contributed by atoms with Gasteiger partial charge in [0, 0.05) is 12.6 Å². The Morgan fingerprint density at radius 3 is 2.24 bits per heavy atom. The van der Waals surface area contributed by atoms with Crippen molar-refractivity contribution in [2.75, 3.05) is 19.6 Å². The van der Waals surface area contributed by atoms with Crippen LogP contribution in [0.4, 0.5) is 0 Å². The van der Waals surface area contributed by atoms with Crippen molar-refractivity contribution < 1.29 is 0 Å². The van der Waals surface area contributed by atoms with Crippen LogP contribution in [-0.2, 0) is 0 Å². The Bertz CT molecular complexity index is 187. The van der Waals surface area contributed by atoms with Gasteiger partial charge in [-0.3, -0.25) is 0 Å². The minimum atomic E-state index is 0.453. The zero-order valence-electron chi connectivity index (χ0n) is 12.1. The maximum Gasteiger partial charge on any atom is 0.00795 e. The minimum Gasteiger partial charge on any atom is -0.327 e. The third kappa shape index (κ3) is 4.97. The molecule has 0 bridgehead atoms. The molecule has 0 amide bonds. The van der Waals surface area contributed by atoms with Crippen LogP contribution in [0.25, 0.3) is 0 Å². The van der Waals surface area contributed by atoms with Crippen LogP contribution < -0.4 is 5.73 Å². The van der Waals surface area contributed by atoms with Gasteiger partial charge in [0.15, 0.2) is 0 Å². The first-order valence-electron chi connectivity index (χ1n) is 7.69. The Hall–Kier alpha value is -0.0800. The molecule has 1 rings (SSSR count). The molecule has 2 nitrogen and oxygen atoms in total. The summed E-state index contributed by atoms with van der Waals surface area (Å²) in [7, 11) is 0. The van der Waals surface area contributed by atoms with Crippen LogP contribution in [0.1, 0.15) is 59.3 Å². The number of nitrogens with two attached hydrogens (primary N) is 1. The van der Waals surface area contributed by atoms with Crippen molar-refractivity contribution in [3.05, 3.63) is 0 Å². The standard InChI is InChI=1S/C15H32N2/c1-4-9-17(10-5-2)12-14-11-13(6-3)7-8-15(14)16/h13-15H,4-12,16H2,1-3H3. The van der Waals surface area contributed by atoms with E-state index in [1.807, 2.05) is 0 Å². The third-order valence-corrected chi connectivity index (χ3v) is 4.30. The molecule has 1 aliphatic carbocycles. The van der Waals surface area contributed by atoms with Gasteiger partial charge in [0.25, 0.3) is 0 Å². The van der Waals surface area contributed by atoms with Crippen LogP contribution in [-0.4, -0.2) is 30.6 Å². The van der Waals surface area contributed by atoms with E-state index in [4.69, 9.17) is 5.73 Å². The number of rotatable bonds is 7. The highest BCUT2D eigenvalue weighted by molar-refractivity contribution is 4.84. The highest BCUT2D eigenvalue weighted by atomic mass is 15.1. The molecule has 1 aliphatic rings. The molecule has 0 saturated heterocycles. The highest BCUT2D eigenvalue weighted by Gasteiger charge is 2.28. The Balaban J connectivity index is 2.44. The van der Waals surface area contributed by atoms with Crippen LogP contribution in [0.5, 0.6) is 0 Å². The second-order valence-electron chi connectivity index (χ2n) is 5.81. The molecule has 2 heteroatoms. The van der Waals surface area contributed by atoms with Crippen LogP contribution in [0.15, 0.2) is 0 Å². The molecule has 0 radical (unpaired) electrons. The topological polar surface area (TPSA) is 29.3 Å². The van der Waals surface area contributed by atoms with Gasteiger partial charge in [0.05, 0.1) is 0 Å². The predicted molar refractivity (Wildman–Crippen MR) is 76.1 cm³/mol. The van der Waals surface area contributed by atoms with E-state index in [1.54, 1.807) is 0 Å². The van der Waals surface area contributed by atoms with Crippen molar-refractivity contribution >= 4 is 0 Å². The fourth-order valence-corrected chi connectivity index (χ4v) is 3.22. The van der Waals surface area contributed by atoms with E-state index >= 15 is 0 Å². The van der Waals surface area contributed by atoms with Crippen molar-refractivity contribution in [2.24, 2.45) is 17.6 Å². The molecule has 3 unspecified atom stereocenters. The molecular formula is C15H32N2. The summed E-state index contributed by atoms with van der Waals surface area (Å²) in [5.41, 5.74) is 6.31. The average Bonchev–Trinajstić information content (AvgIpc) is 2.32. The van der Waals surface area contributed by atoms with Gasteiger partial charge in [-0.1, -0.05) is 27.2 Å². The van der Waals surface area contributed by atoms with Gasteiger partial charge < -0.3 is 10.6 Å². The first-order chi connectivity index (χ1) is 8.21. The molecular weight excluding hydrogens is 208 g/mol. The largest absolute Gasteiger partial charge is 0.327 e. The molecule has 0 aromatic heterocycles. The van der Waals surface area contributed by atoms with E-state index in [1.165, 1.54) is 58.2 Å². The van der Waals surface area contributed by atoms with Crippen LogP contribution >= 0.6 is 0 Å². The molecule has 0 aromatic carbocycles. The van der Waals surface area contributed by atoms with Gasteiger partial charge in [0.1, 0.15) is 0 Å². The number of hydrogen-bond acceptors (Lipinski definition) is 2. The maximum atomic E-state index is 6.31. The zero-order valence-corrected chi connectivity index (χ0v) is 12.1. The zero-order chi connectivity index (χ0) is 12.7. The molecule has 1 saturated carbocycles. The molecule has 2 N–H and O–H groups in total. The number of nitrogens with zero attached hydrogens (tertiary/aromatic N) is 1. The van der Waals surface area contributed by atoms with E-state index in [0.29, 0.717) is 6.04 Å². The van der Waals surface area contributed by atoms with Gasteiger partial charge >= 0.3 is 0 Å². The molecule has 1 fully saturated rings. The molecule has 0 aliphatic heterocycles. The van der Waals surface area contributed by atoms with Crippen LogP contribution in [0, 0.1) is 11.8 Å². The Morgan fingerprint density at radius 1 is 1.06 bits per heavy atom. The summed E-state index contributed by atoms with van der Waals surface area (Å²) in [5, 5.41) is 0. The van der Waals surface area contributed by atoms with Gasteiger partial charge in [-0.25, -0.2) is 0 Å². The second kappa shape index (κ2) is 8.10. The summed E-state index contributed by atoms with van der Waals surface area (Å²) in [4.78, 5) is 2.63. The second-order valence-corrected chi connectivity index (χ2v) is 5.81. The SMILES string of the molecule is CCCN(CCC)CC1CC(CC)CCC1N. The molecule has 102 valence electrons. The summed E-state index contributed by atoms with van der Waals surface area (Å²) in [6.45, 7) is 10.6. The first-order valence-corrected chi connectivity index (χ1v) is 7.69. The van der Waals surface area contributed by atoms with E-state index in [9.17, 15) is 0 Å². The first kappa shape index (κ1) is 15.0. The Morgan fingerprint density at radius 2 is 1.71 bits per heavy atom. The van der Waals surface area contributed by atoms with Gasteiger partial charge in [-0.2, -0.15) is 0 Å². The fourth-order valence-electron chi connectivity index (χ4n) is 3.22. The van der Waals surface area contributed by atoms with Gasteiger partial charge in [0.2, 0.25) is 0 Å². The lowest BCUT2D eigenvalue weighted by Crippen LogP contribution is -2.43. The lowest BCUT2D eigenvalue weighted by molar-refractivity contribution is 0.154. The van der Waals surface area contributed by atoms with Crippen LogP contribution in [0.3, 0.4) is 0 Å². The van der Waals surface area contributed by atoms with E-state index in [-0.39, 0.29) is 0 Å². The Labute approximate surface area is 108 Å². The van der Waals surface area contributed by atoms with E-state index < -0.39 is 0 Å². The molecule has 0 heterocycles.